The van der Waals surface area contributed by atoms with E-state index in [9.17, 15) is 13.2 Å². The SMILES string of the molecule is CCCOCCC(NCC)c1cnccc1C(F)(F)F. The second-order valence-corrected chi connectivity index (χ2v) is 4.47. The van der Waals surface area contributed by atoms with Gasteiger partial charge >= 0.3 is 6.18 Å². The van der Waals surface area contributed by atoms with Crippen molar-refractivity contribution in [2.75, 3.05) is 19.8 Å². The Morgan fingerprint density at radius 1 is 1.30 bits per heavy atom. The smallest absolute Gasteiger partial charge is 0.381 e. The van der Waals surface area contributed by atoms with E-state index in [-0.39, 0.29) is 5.56 Å². The molecule has 0 spiro atoms. The molecule has 0 saturated heterocycles. The fourth-order valence-electron chi connectivity index (χ4n) is 2.00. The summed E-state index contributed by atoms with van der Waals surface area (Å²) < 4.78 is 44.4. The summed E-state index contributed by atoms with van der Waals surface area (Å²) in [5, 5.41) is 3.07. The van der Waals surface area contributed by atoms with Crippen LogP contribution in [0.4, 0.5) is 13.2 Å². The number of nitrogens with zero attached hydrogens (tertiary/aromatic N) is 1. The molecule has 20 heavy (non-hydrogen) atoms. The Labute approximate surface area is 117 Å². The summed E-state index contributed by atoms with van der Waals surface area (Å²) in [5.74, 6) is 0. The van der Waals surface area contributed by atoms with Crippen LogP contribution in [0.15, 0.2) is 18.5 Å². The molecule has 0 aliphatic carbocycles. The summed E-state index contributed by atoms with van der Waals surface area (Å²) in [4.78, 5) is 3.83. The van der Waals surface area contributed by atoms with E-state index in [4.69, 9.17) is 4.74 Å². The molecule has 3 nitrogen and oxygen atoms in total. The minimum Gasteiger partial charge on any atom is -0.381 e. The first-order valence-corrected chi connectivity index (χ1v) is 6.82. The third-order valence-corrected chi connectivity index (χ3v) is 2.88. The molecular formula is C14H21F3N2O. The lowest BCUT2D eigenvalue weighted by Crippen LogP contribution is -2.25. The molecule has 0 aliphatic rings. The summed E-state index contributed by atoms with van der Waals surface area (Å²) >= 11 is 0. The summed E-state index contributed by atoms with van der Waals surface area (Å²) in [6.45, 7) is 5.49. The van der Waals surface area contributed by atoms with Crippen LogP contribution >= 0.6 is 0 Å². The van der Waals surface area contributed by atoms with Crippen molar-refractivity contribution in [3.63, 3.8) is 0 Å². The van der Waals surface area contributed by atoms with E-state index in [0.29, 0.717) is 26.2 Å². The van der Waals surface area contributed by atoms with Crippen LogP contribution in [0.2, 0.25) is 0 Å². The molecule has 6 heteroatoms. The number of pyridine rings is 1. The third kappa shape index (κ3) is 5.09. The van der Waals surface area contributed by atoms with E-state index in [2.05, 4.69) is 10.3 Å². The van der Waals surface area contributed by atoms with Gasteiger partial charge in [0.1, 0.15) is 0 Å². The van der Waals surface area contributed by atoms with Crippen LogP contribution in [0.3, 0.4) is 0 Å². The number of rotatable bonds is 8. The number of aromatic nitrogens is 1. The molecule has 1 atom stereocenters. The zero-order chi connectivity index (χ0) is 15.0. The normalized spacial score (nSPS) is 13.4. The lowest BCUT2D eigenvalue weighted by atomic mass is 10.00. The predicted molar refractivity (Wildman–Crippen MR) is 71.4 cm³/mol. The zero-order valence-electron chi connectivity index (χ0n) is 11.8. The molecule has 0 aromatic carbocycles. The second kappa shape index (κ2) is 8.21. The molecule has 0 saturated carbocycles. The lowest BCUT2D eigenvalue weighted by Gasteiger charge is -2.22. The van der Waals surface area contributed by atoms with Crippen molar-refractivity contribution in [2.24, 2.45) is 0 Å². The van der Waals surface area contributed by atoms with Gasteiger partial charge in [-0.3, -0.25) is 4.98 Å². The molecule has 0 radical (unpaired) electrons. The quantitative estimate of drug-likeness (QED) is 0.743. The van der Waals surface area contributed by atoms with Crippen molar-refractivity contribution in [2.45, 2.75) is 38.9 Å². The van der Waals surface area contributed by atoms with Gasteiger partial charge in [0.05, 0.1) is 5.56 Å². The van der Waals surface area contributed by atoms with Crippen molar-refractivity contribution in [1.82, 2.24) is 10.3 Å². The van der Waals surface area contributed by atoms with E-state index in [0.717, 1.165) is 12.5 Å². The van der Waals surface area contributed by atoms with E-state index in [1.54, 1.807) is 0 Å². The van der Waals surface area contributed by atoms with Crippen LogP contribution in [0, 0.1) is 0 Å². The van der Waals surface area contributed by atoms with E-state index >= 15 is 0 Å². The van der Waals surface area contributed by atoms with Gasteiger partial charge in [-0.15, -0.1) is 0 Å². The maximum atomic E-state index is 13.0. The summed E-state index contributed by atoms with van der Waals surface area (Å²) in [6, 6.07) is 0.620. The van der Waals surface area contributed by atoms with E-state index in [1.807, 2.05) is 13.8 Å². The maximum Gasteiger partial charge on any atom is 0.416 e. The van der Waals surface area contributed by atoms with Gasteiger partial charge in [-0.2, -0.15) is 13.2 Å². The van der Waals surface area contributed by atoms with Crippen LogP contribution in [-0.4, -0.2) is 24.7 Å². The zero-order valence-corrected chi connectivity index (χ0v) is 11.8. The number of hydrogen-bond donors (Lipinski definition) is 1. The number of ether oxygens (including phenoxy) is 1. The van der Waals surface area contributed by atoms with Crippen LogP contribution in [0.1, 0.15) is 43.9 Å². The van der Waals surface area contributed by atoms with Crippen molar-refractivity contribution in [1.29, 1.82) is 0 Å². The average Bonchev–Trinajstić information content (AvgIpc) is 2.41. The average molecular weight is 290 g/mol. The molecule has 1 unspecified atom stereocenters. The molecule has 0 aliphatic heterocycles. The summed E-state index contributed by atoms with van der Waals surface area (Å²) in [6.07, 6.45) is -0.524. The molecule has 1 aromatic rings. The molecule has 1 aromatic heterocycles. The Balaban J connectivity index is 2.85. The predicted octanol–water partition coefficient (Wildman–Crippen LogP) is 3.57. The minimum absolute atomic E-state index is 0.182. The summed E-state index contributed by atoms with van der Waals surface area (Å²) in [5.41, 5.74) is -0.448. The number of nitrogens with one attached hydrogen (secondary N) is 1. The van der Waals surface area contributed by atoms with Gasteiger partial charge in [0.15, 0.2) is 0 Å². The molecule has 114 valence electrons. The van der Waals surface area contributed by atoms with Crippen molar-refractivity contribution < 1.29 is 17.9 Å². The third-order valence-electron chi connectivity index (χ3n) is 2.88. The molecular weight excluding hydrogens is 269 g/mol. The number of halogens is 3. The monoisotopic (exact) mass is 290 g/mol. The van der Waals surface area contributed by atoms with Gasteiger partial charge in [0.2, 0.25) is 0 Å². The molecule has 0 bridgehead atoms. The fraction of sp³-hybridized carbons (Fsp3) is 0.643. The van der Waals surface area contributed by atoms with E-state index in [1.165, 1.54) is 12.4 Å². The highest BCUT2D eigenvalue weighted by molar-refractivity contribution is 5.29. The Bertz CT molecular complexity index is 396. The largest absolute Gasteiger partial charge is 0.416 e. The minimum atomic E-state index is -4.36. The Morgan fingerprint density at radius 3 is 2.65 bits per heavy atom. The van der Waals surface area contributed by atoms with Crippen LogP contribution in [-0.2, 0) is 10.9 Å². The first-order valence-electron chi connectivity index (χ1n) is 6.82. The Morgan fingerprint density at radius 2 is 2.05 bits per heavy atom. The molecule has 1 rings (SSSR count). The highest BCUT2D eigenvalue weighted by Crippen LogP contribution is 2.34. The van der Waals surface area contributed by atoms with Gasteiger partial charge in [0, 0.05) is 31.6 Å². The molecule has 0 amide bonds. The fourth-order valence-corrected chi connectivity index (χ4v) is 2.00. The molecule has 1 N–H and O–H groups in total. The standard InChI is InChI=1S/C14H21F3N2O/c1-3-8-20-9-6-13(19-4-2)11-10-18-7-5-12(11)14(15,16)17/h5,7,10,13,19H,3-4,6,8-9H2,1-2H3. The van der Waals surface area contributed by atoms with Crippen molar-refractivity contribution in [3.8, 4) is 0 Å². The number of hydrogen-bond acceptors (Lipinski definition) is 3. The van der Waals surface area contributed by atoms with Gasteiger partial charge < -0.3 is 10.1 Å². The second-order valence-electron chi connectivity index (χ2n) is 4.47. The van der Waals surface area contributed by atoms with Gasteiger partial charge in [-0.1, -0.05) is 13.8 Å². The first-order chi connectivity index (χ1) is 9.50. The van der Waals surface area contributed by atoms with Gasteiger partial charge in [-0.05, 0) is 31.0 Å². The number of alkyl halides is 3. The van der Waals surface area contributed by atoms with Crippen LogP contribution in [0.5, 0.6) is 0 Å². The van der Waals surface area contributed by atoms with Crippen molar-refractivity contribution in [3.05, 3.63) is 29.6 Å². The van der Waals surface area contributed by atoms with Crippen LogP contribution in [0.25, 0.3) is 0 Å². The maximum absolute atomic E-state index is 13.0. The van der Waals surface area contributed by atoms with Crippen LogP contribution < -0.4 is 5.32 Å². The van der Waals surface area contributed by atoms with E-state index < -0.39 is 17.8 Å². The van der Waals surface area contributed by atoms with Gasteiger partial charge in [0.25, 0.3) is 0 Å². The molecule has 0 fully saturated rings. The lowest BCUT2D eigenvalue weighted by molar-refractivity contribution is -0.138. The Hall–Kier alpha value is -1.14. The molecule has 1 heterocycles. The highest BCUT2D eigenvalue weighted by atomic mass is 19.4. The Kier molecular flexibility index (Phi) is 6.95. The highest BCUT2D eigenvalue weighted by Gasteiger charge is 2.35. The first kappa shape index (κ1) is 16.9. The van der Waals surface area contributed by atoms with Crippen molar-refractivity contribution >= 4 is 0 Å². The topological polar surface area (TPSA) is 34.1 Å². The summed E-state index contributed by atoms with van der Waals surface area (Å²) in [7, 11) is 0. The van der Waals surface area contributed by atoms with Gasteiger partial charge in [-0.25, -0.2) is 0 Å².